The fourth-order valence-corrected chi connectivity index (χ4v) is 2.99. The highest BCUT2D eigenvalue weighted by Gasteiger charge is 2.23. The molecule has 0 radical (unpaired) electrons. The van der Waals surface area contributed by atoms with Gasteiger partial charge in [-0.25, -0.2) is 0 Å². The molecule has 1 fully saturated rings. The summed E-state index contributed by atoms with van der Waals surface area (Å²) in [5.41, 5.74) is 0. The quantitative estimate of drug-likeness (QED) is 0.514. The average Bonchev–Trinajstić information content (AvgIpc) is 2.53. The molecule has 3 heteroatoms. The topological polar surface area (TPSA) is 30.5 Å². The van der Waals surface area contributed by atoms with Gasteiger partial charge in [-0.05, 0) is 19.4 Å². The van der Waals surface area contributed by atoms with Crippen LogP contribution in [0, 0.1) is 0 Å². The zero-order valence-electron chi connectivity index (χ0n) is 14.4. The van der Waals surface area contributed by atoms with Crippen molar-refractivity contribution in [3.63, 3.8) is 0 Å². The number of unbranched alkanes of at least 4 members (excludes halogenated alkanes) is 7. The highest BCUT2D eigenvalue weighted by Crippen LogP contribution is 2.15. The molecule has 1 saturated heterocycles. The van der Waals surface area contributed by atoms with Crippen molar-refractivity contribution in [2.75, 3.05) is 26.4 Å². The molecule has 1 rings (SSSR count). The first kappa shape index (κ1) is 18.9. The van der Waals surface area contributed by atoms with Crippen molar-refractivity contribution in [1.29, 1.82) is 0 Å². The molecule has 2 unspecified atom stereocenters. The molecule has 1 N–H and O–H groups in total. The number of hydrogen-bond acceptors (Lipinski definition) is 3. The molecule has 0 aliphatic carbocycles. The predicted octanol–water partition coefficient (Wildman–Crippen LogP) is 4.30. The van der Waals surface area contributed by atoms with Gasteiger partial charge in [0, 0.05) is 6.04 Å². The van der Waals surface area contributed by atoms with Crippen LogP contribution in [-0.4, -0.2) is 38.5 Å². The molecule has 0 amide bonds. The summed E-state index contributed by atoms with van der Waals surface area (Å²) < 4.78 is 11.4. The number of rotatable bonds is 13. The van der Waals surface area contributed by atoms with E-state index < -0.39 is 0 Å². The van der Waals surface area contributed by atoms with Gasteiger partial charge in [0.15, 0.2) is 0 Å². The van der Waals surface area contributed by atoms with E-state index in [4.69, 9.17) is 9.47 Å². The summed E-state index contributed by atoms with van der Waals surface area (Å²) in [5, 5.41) is 3.65. The van der Waals surface area contributed by atoms with E-state index in [1.165, 1.54) is 64.2 Å². The van der Waals surface area contributed by atoms with Gasteiger partial charge >= 0.3 is 0 Å². The number of hydrogen-bond donors (Lipinski definition) is 1. The highest BCUT2D eigenvalue weighted by atomic mass is 16.6. The van der Waals surface area contributed by atoms with Crippen molar-refractivity contribution in [2.24, 2.45) is 0 Å². The highest BCUT2D eigenvalue weighted by molar-refractivity contribution is 4.78. The Bertz CT molecular complexity index is 217. The van der Waals surface area contributed by atoms with Crippen molar-refractivity contribution >= 4 is 0 Å². The summed E-state index contributed by atoms with van der Waals surface area (Å²) in [5.74, 6) is 0. The van der Waals surface area contributed by atoms with E-state index >= 15 is 0 Å². The Morgan fingerprint density at radius 3 is 2.24 bits per heavy atom. The molecule has 3 nitrogen and oxygen atoms in total. The molecule has 0 saturated carbocycles. The number of nitrogens with one attached hydrogen (secondary N) is 1. The SMILES string of the molecule is CCCCCCCCCCC(NCCC)C1COCCO1. The first-order chi connectivity index (χ1) is 10.4. The Morgan fingerprint density at radius 1 is 0.905 bits per heavy atom. The van der Waals surface area contributed by atoms with Crippen LogP contribution in [-0.2, 0) is 9.47 Å². The van der Waals surface area contributed by atoms with E-state index in [0.717, 1.165) is 26.4 Å². The third kappa shape index (κ3) is 9.49. The molecule has 126 valence electrons. The first-order valence-corrected chi connectivity index (χ1v) is 9.31. The van der Waals surface area contributed by atoms with Crippen LogP contribution >= 0.6 is 0 Å². The van der Waals surface area contributed by atoms with Crippen LogP contribution in [0.25, 0.3) is 0 Å². The predicted molar refractivity (Wildman–Crippen MR) is 89.9 cm³/mol. The summed E-state index contributed by atoms with van der Waals surface area (Å²) in [6.07, 6.45) is 13.7. The van der Waals surface area contributed by atoms with Crippen LogP contribution in [0.2, 0.25) is 0 Å². The van der Waals surface area contributed by atoms with Crippen LogP contribution in [0.3, 0.4) is 0 Å². The fourth-order valence-electron chi connectivity index (χ4n) is 2.99. The molecule has 0 spiro atoms. The lowest BCUT2D eigenvalue weighted by atomic mass is 10.0. The van der Waals surface area contributed by atoms with Gasteiger partial charge in [-0.3, -0.25) is 0 Å². The van der Waals surface area contributed by atoms with E-state index in [0.29, 0.717) is 6.04 Å². The molecule has 0 aromatic rings. The minimum Gasteiger partial charge on any atom is -0.376 e. The summed E-state index contributed by atoms with van der Waals surface area (Å²) in [7, 11) is 0. The monoisotopic (exact) mass is 299 g/mol. The van der Waals surface area contributed by atoms with Crippen LogP contribution in [0.4, 0.5) is 0 Å². The molecule has 0 aromatic carbocycles. The second-order valence-corrected chi connectivity index (χ2v) is 6.31. The van der Waals surface area contributed by atoms with Crippen molar-refractivity contribution in [1.82, 2.24) is 5.32 Å². The van der Waals surface area contributed by atoms with Crippen LogP contribution in [0.5, 0.6) is 0 Å². The zero-order valence-corrected chi connectivity index (χ0v) is 14.4. The molecule has 1 heterocycles. The molecular weight excluding hydrogens is 262 g/mol. The maximum absolute atomic E-state index is 5.87. The van der Waals surface area contributed by atoms with E-state index in [2.05, 4.69) is 19.2 Å². The molecule has 0 bridgehead atoms. The van der Waals surface area contributed by atoms with Crippen LogP contribution in [0.15, 0.2) is 0 Å². The molecule has 21 heavy (non-hydrogen) atoms. The van der Waals surface area contributed by atoms with Gasteiger partial charge in [-0.2, -0.15) is 0 Å². The summed E-state index contributed by atoms with van der Waals surface area (Å²) in [6, 6.07) is 0.477. The van der Waals surface area contributed by atoms with Crippen molar-refractivity contribution in [2.45, 2.75) is 90.2 Å². The average molecular weight is 299 g/mol. The number of ether oxygens (including phenoxy) is 2. The molecule has 1 aliphatic rings. The second kappa shape index (κ2) is 13.5. The lowest BCUT2D eigenvalue weighted by molar-refractivity contribution is -0.102. The van der Waals surface area contributed by atoms with Gasteiger partial charge in [-0.1, -0.05) is 65.2 Å². The summed E-state index contributed by atoms with van der Waals surface area (Å²) in [4.78, 5) is 0. The molecule has 2 atom stereocenters. The van der Waals surface area contributed by atoms with Gasteiger partial charge in [-0.15, -0.1) is 0 Å². The largest absolute Gasteiger partial charge is 0.376 e. The standard InChI is InChI=1S/C18H37NO2/c1-3-5-6-7-8-9-10-11-12-17(19-13-4-2)18-16-20-14-15-21-18/h17-19H,3-16H2,1-2H3. The van der Waals surface area contributed by atoms with E-state index in [1.807, 2.05) is 0 Å². The van der Waals surface area contributed by atoms with E-state index in [9.17, 15) is 0 Å². The third-order valence-electron chi connectivity index (χ3n) is 4.32. The maximum atomic E-state index is 5.87. The Labute approximate surface area is 132 Å². The first-order valence-electron chi connectivity index (χ1n) is 9.31. The van der Waals surface area contributed by atoms with Crippen molar-refractivity contribution in [3.05, 3.63) is 0 Å². The fraction of sp³-hybridized carbons (Fsp3) is 1.00. The molecule has 1 aliphatic heterocycles. The molecular formula is C18H37NO2. The van der Waals surface area contributed by atoms with Gasteiger partial charge < -0.3 is 14.8 Å². The Balaban J connectivity index is 2.08. The minimum absolute atomic E-state index is 0.259. The lowest BCUT2D eigenvalue weighted by Crippen LogP contribution is -2.46. The van der Waals surface area contributed by atoms with Crippen LogP contribution in [0.1, 0.15) is 78.1 Å². The van der Waals surface area contributed by atoms with Crippen molar-refractivity contribution < 1.29 is 9.47 Å². The maximum Gasteiger partial charge on any atom is 0.0962 e. The van der Waals surface area contributed by atoms with Crippen LogP contribution < -0.4 is 5.32 Å². The van der Waals surface area contributed by atoms with Gasteiger partial charge in [0.05, 0.1) is 25.9 Å². The zero-order chi connectivity index (χ0) is 15.2. The summed E-state index contributed by atoms with van der Waals surface area (Å²) >= 11 is 0. The lowest BCUT2D eigenvalue weighted by Gasteiger charge is -2.31. The molecule has 0 aromatic heterocycles. The van der Waals surface area contributed by atoms with E-state index in [-0.39, 0.29) is 6.10 Å². The summed E-state index contributed by atoms with van der Waals surface area (Å²) in [6.45, 7) is 7.86. The minimum atomic E-state index is 0.259. The van der Waals surface area contributed by atoms with Gasteiger partial charge in [0.25, 0.3) is 0 Å². The normalized spacial score (nSPS) is 20.6. The Kier molecular flexibility index (Phi) is 12.2. The van der Waals surface area contributed by atoms with Crippen molar-refractivity contribution in [3.8, 4) is 0 Å². The van der Waals surface area contributed by atoms with E-state index in [1.54, 1.807) is 0 Å². The second-order valence-electron chi connectivity index (χ2n) is 6.31. The Morgan fingerprint density at radius 2 is 1.62 bits per heavy atom. The van der Waals surface area contributed by atoms with Gasteiger partial charge in [0.2, 0.25) is 0 Å². The Hall–Kier alpha value is -0.120. The smallest absolute Gasteiger partial charge is 0.0962 e. The third-order valence-corrected chi connectivity index (χ3v) is 4.32. The van der Waals surface area contributed by atoms with Gasteiger partial charge in [0.1, 0.15) is 0 Å².